The fourth-order valence-corrected chi connectivity index (χ4v) is 2.95. The lowest BCUT2D eigenvalue weighted by Crippen LogP contribution is -2.34. The summed E-state index contributed by atoms with van der Waals surface area (Å²) in [5.74, 6) is 1.77. The number of nitrogens with one attached hydrogen (secondary N) is 1. The molecule has 0 bridgehead atoms. The van der Waals surface area contributed by atoms with Crippen molar-refractivity contribution in [2.75, 3.05) is 30.4 Å². The molecule has 1 saturated heterocycles. The highest BCUT2D eigenvalue weighted by molar-refractivity contribution is 5.90. The molecule has 1 aliphatic rings. The molecule has 0 saturated carbocycles. The van der Waals surface area contributed by atoms with Crippen LogP contribution in [-0.4, -0.2) is 36.1 Å². The van der Waals surface area contributed by atoms with E-state index < -0.39 is 0 Å². The fourth-order valence-electron chi connectivity index (χ4n) is 2.95. The van der Waals surface area contributed by atoms with E-state index in [0.717, 1.165) is 24.6 Å². The highest BCUT2D eigenvalue weighted by Gasteiger charge is 2.18. The maximum atomic E-state index is 11.6. The van der Waals surface area contributed by atoms with Crippen molar-refractivity contribution in [2.24, 2.45) is 5.92 Å². The molecule has 126 valence electrons. The second kappa shape index (κ2) is 7.29. The minimum Gasteiger partial charge on any atom is -0.465 e. The van der Waals surface area contributed by atoms with Crippen LogP contribution in [0.25, 0.3) is 0 Å². The third-order valence-electron chi connectivity index (χ3n) is 4.16. The van der Waals surface area contributed by atoms with Gasteiger partial charge in [-0.3, -0.25) is 0 Å². The molecule has 1 aromatic carbocycles. The van der Waals surface area contributed by atoms with Crippen LogP contribution in [0.15, 0.2) is 36.5 Å². The Morgan fingerprint density at radius 2 is 2.25 bits per heavy atom. The number of carbonyl (C=O) groups excluding carboxylic acids is 1. The lowest BCUT2D eigenvalue weighted by molar-refractivity contribution is 0.0601. The predicted molar refractivity (Wildman–Crippen MR) is 93.7 cm³/mol. The molecule has 0 amide bonds. The second-order valence-electron chi connectivity index (χ2n) is 6.13. The number of hydrogen-bond donors (Lipinski definition) is 1. The van der Waals surface area contributed by atoms with Crippen LogP contribution in [0.5, 0.6) is 0 Å². The summed E-state index contributed by atoms with van der Waals surface area (Å²) < 4.78 is 4.75. The molecule has 2 heterocycles. The molecule has 1 aliphatic heterocycles. The van der Waals surface area contributed by atoms with E-state index in [-0.39, 0.29) is 5.97 Å². The first-order chi connectivity index (χ1) is 11.7. The predicted octanol–water partition coefficient (Wildman–Crippen LogP) is 3.24. The van der Waals surface area contributed by atoms with Gasteiger partial charge in [-0.15, -0.1) is 0 Å². The Morgan fingerprint density at radius 3 is 3.04 bits per heavy atom. The minimum atomic E-state index is -0.365. The van der Waals surface area contributed by atoms with Crippen molar-refractivity contribution in [3.8, 4) is 0 Å². The van der Waals surface area contributed by atoms with Crippen LogP contribution in [0.1, 0.15) is 30.1 Å². The summed E-state index contributed by atoms with van der Waals surface area (Å²) in [6.07, 6.45) is 4.22. The third kappa shape index (κ3) is 3.82. The van der Waals surface area contributed by atoms with E-state index in [0.29, 0.717) is 17.4 Å². The van der Waals surface area contributed by atoms with Crippen molar-refractivity contribution in [3.05, 3.63) is 42.1 Å². The number of hydrogen-bond acceptors (Lipinski definition) is 6. The molecule has 1 N–H and O–H groups in total. The van der Waals surface area contributed by atoms with Gasteiger partial charge < -0.3 is 15.0 Å². The molecule has 6 heteroatoms. The smallest absolute Gasteiger partial charge is 0.337 e. The lowest BCUT2D eigenvalue weighted by Gasteiger charge is -2.31. The zero-order chi connectivity index (χ0) is 16.9. The standard InChI is InChI=1S/C18H22N4O2/c1-13-5-4-10-22(12-13)16-8-9-19-18(21-16)20-15-7-3-6-14(11-15)17(23)24-2/h3,6-9,11,13H,4-5,10,12H2,1-2H3,(H,19,20,21). The van der Waals surface area contributed by atoms with Crippen molar-refractivity contribution in [1.82, 2.24) is 9.97 Å². The van der Waals surface area contributed by atoms with Gasteiger partial charge in [-0.05, 0) is 43.0 Å². The van der Waals surface area contributed by atoms with Crippen LogP contribution in [0.4, 0.5) is 17.5 Å². The van der Waals surface area contributed by atoms with Gasteiger partial charge in [0, 0.05) is 25.0 Å². The Balaban J connectivity index is 1.76. The number of rotatable bonds is 4. The topological polar surface area (TPSA) is 67.3 Å². The van der Waals surface area contributed by atoms with Gasteiger partial charge in [-0.1, -0.05) is 13.0 Å². The van der Waals surface area contributed by atoms with Gasteiger partial charge >= 0.3 is 5.97 Å². The van der Waals surface area contributed by atoms with E-state index in [9.17, 15) is 4.79 Å². The number of benzene rings is 1. The molecule has 1 atom stereocenters. The number of esters is 1. The third-order valence-corrected chi connectivity index (χ3v) is 4.16. The number of methoxy groups -OCH3 is 1. The van der Waals surface area contributed by atoms with E-state index in [1.165, 1.54) is 20.0 Å². The second-order valence-corrected chi connectivity index (χ2v) is 6.13. The van der Waals surface area contributed by atoms with Gasteiger partial charge in [0.05, 0.1) is 12.7 Å². The molecule has 1 unspecified atom stereocenters. The highest BCUT2D eigenvalue weighted by atomic mass is 16.5. The SMILES string of the molecule is COC(=O)c1cccc(Nc2nccc(N3CCCC(C)C3)n2)c1. The first-order valence-electron chi connectivity index (χ1n) is 8.19. The minimum absolute atomic E-state index is 0.365. The summed E-state index contributed by atoms with van der Waals surface area (Å²) in [5.41, 5.74) is 1.24. The van der Waals surface area contributed by atoms with Crippen molar-refractivity contribution in [1.29, 1.82) is 0 Å². The summed E-state index contributed by atoms with van der Waals surface area (Å²) in [7, 11) is 1.37. The van der Waals surface area contributed by atoms with E-state index in [1.54, 1.807) is 24.4 Å². The number of anilines is 3. The van der Waals surface area contributed by atoms with Gasteiger partial charge in [0.25, 0.3) is 0 Å². The molecule has 3 rings (SSSR count). The fraction of sp³-hybridized carbons (Fsp3) is 0.389. The van der Waals surface area contributed by atoms with Gasteiger partial charge in [-0.2, -0.15) is 4.98 Å². The number of nitrogens with zero attached hydrogens (tertiary/aromatic N) is 3. The highest BCUT2D eigenvalue weighted by Crippen LogP contribution is 2.22. The summed E-state index contributed by atoms with van der Waals surface area (Å²) in [6, 6.07) is 9.04. The number of carbonyl (C=O) groups is 1. The Bertz CT molecular complexity index is 720. The maximum Gasteiger partial charge on any atom is 0.337 e. The quantitative estimate of drug-likeness (QED) is 0.870. The summed E-state index contributed by atoms with van der Waals surface area (Å²) in [6.45, 7) is 4.32. The van der Waals surface area contributed by atoms with E-state index in [4.69, 9.17) is 4.74 Å². The van der Waals surface area contributed by atoms with Crippen LogP contribution in [0.3, 0.4) is 0 Å². The van der Waals surface area contributed by atoms with Gasteiger partial charge in [-0.25, -0.2) is 9.78 Å². The average molecular weight is 326 g/mol. The van der Waals surface area contributed by atoms with Crippen LogP contribution >= 0.6 is 0 Å². The largest absolute Gasteiger partial charge is 0.465 e. The van der Waals surface area contributed by atoms with Gasteiger partial charge in [0.2, 0.25) is 5.95 Å². The first kappa shape index (κ1) is 16.2. The molecule has 0 spiro atoms. The van der Waals surface area contributed by atoms with Crippen molar-refractivity contribution in [3.63, 3.8) is 0 Å². The van der Waals surface area contributed by atoms with Crippen LogP contribution in [0.2, 0.25) is 0 Å². The van der Waals surface area contributed by atoms with Gasteiger partial charge in [0.15, 0.2) is 0 Å². The Morgan fingerprint density at radius 1 is 1.38 bits per heavy atom. The zero-order valence-corrected chi connectivity index (χ0v) is 14.0. The van der Waals surface area contributed by atoms with Crippen molar-refractivity contribution >= 4 is 23.4 Å². The zero-order valence-electron chi connectivity index (χ0n) is 14.0. The molecule has 0 radical (unpaired) electrons. The van der Waals surface area contributed by atoms with Crippen molar-refractivity contribution < 1.29 is 9.53 Å². The molecule has 0 aliphatic carbocycles. The molecule has 6 nitrogen and oxygen atoms in total. The summed E-state index contributed by atoms with van der Waals surface area (Å²) in [4.78, 5) is 22.8. The molecule has 24 heavy (non-hydrogen) atoms. The molecular weight excluding hydrogens is 304 g/mol. The van der Waals surface area contributed by atoms with Gasteiger partial charge in [0.1, 0.15) is 5.82 Å². The summed E-state index contributed by atoms with van der Waals surface area (Å²) in [5, 5.41) is 3.16. The average Bonchev–Trinajstić information content (AvgIpc) is 2.61. The van der Waals surface area contributed by atoms with Crippen molar-refractivity contribution in [2.45, 2.75) is 19.8 Å². The first-order valence-corrected chi connectivity index (χ1v) is 8.19. The molecular formula is C18H22N4O2. The van der Waals surface area contributed by atoms with E-state index >= 15 is 0 Å². The Labute approximate surface area is 141 Å². The van der Waals surface area contributed by atoms with Crippen LogP contribution in [-0.2, 0) is 4.74 Å². The summed E-state index contributed by atoms with van der Waals surface area (Å²) >= 11 is 0. The number of aromatic nitrogens is 2. The number of ether oxygens (including phenoxy) is 1. The monoisotopic (exact) mass is 326 g/mol. The lowest BCUT2D eigenvalue weighted by atomic mass is 10.0. The Hall–Kier alpha value is -2.63. The molecule has 1 aromatic heterocycles. The molecule has 1 fully saturated rings. The van der Waals surface area contributed by atoms with E-state index in [1.807, 2.05) is 12.1 Å². The maximum absolute atomic E-state index is 11.6. The Kier molecular flexibility index (Phi) is 4.93. The van der Waals surface area contributed by atoms with Crippen LogP contribution in [0, 0.1) is 5.92 Å². The van der Waals surface area contributed by atoms with E-state index in [2.05, 4.69) is 27.1 Å². The number of piperidine rings is 1. The van der Waals surface area contributed by atoms with Crippen LogP contribution < -0.4 is 10.2 Å². The molecule has 2 aromatic rings. The normalized spacial score (nSPS) is 17.4.